The Balaban J connectivity index is 1.85. The largest absolute Gasteiger partial charge is 0.396 e. The Hall–Kier alpha value is -1.81. The van der Waals surface area contributed by atoms with Crippen molar-refractivity contribution in [3.63, 3.8) is 0 Å². The number of hydrogen-bond acceptors (Lipinski definition) is 2. The smallest absolute Gasteiger partial charge is 0.251 e. The second-order valence-electron chi connectivity index (χ2n) is 4.97. The molecule has 4 heteroatoms. The number of rotatable bonds is 6. The van der Waals surface area contributed by atoms with Gasteiger partial charge in [0.05, 0.1) is 0 Å². The van der Waals surface area contributed by atoms with E-state index in [1.165, 1.54) is 0 Å². The van der Waals surface area contributed by atoms with Crippen LogP contribution in [0.4, 0.5) is 0 Å². The SMILES string of the molecule is CC(CO)CCCNC(=O)c1ccc2[nH]ccc2c1. The molecule has 19 heavy (non-hydrogen) atoms. The average molecular weight is 260 g/mol. The summed E-state index contributed by atoms with van der Waals surface area (Å²) in [6, 6.07) is 7.58. The minimum absolute atomic E-state index is 0.0419. The first-order valence-electron chi connectivity index (χ1n) is 6.67. The zero-order chi connectivity index (χ0) is 13.7. The number of aliphatic hydroxyl groups excluding tert-OH is 1. The van der Waals surface area contributed by atoms with E-state index in [1.807, 2.05) is 37.4 Å². The maximum atomic E-state index is 12.0. The van der Waals surface area contributed by atoms with Crippen molar-refractivity contribution in [2.24, 2.45) is 5.92 Å². The molecule has 0 aliphatic heterocycles. The van der Waals surface area contributed by atoms with Crippen molar-refractivity contribution < 1.29 is 9.90 Å². The van der Waals surface area contributed by atoms with E-state index in [-0.39, 0.29) is 12.5 Å². The highest BCUT2D eigenvalue weighted by molar-refractivity contribution is 5.98. The zero-order valence-corrected chi connectivity index (χ0v) is 11.1. The van der Waals surface area contributed by atoms with Gasteiger partial charge in [-0.25, -0.2) is 0 Å². The second kappa shape index (κ2) is 6.38. The van der Waals surface area contributed by atoms with Gasteiger partial charge in [-0.15, -0.1) is 0 Å². The minimum Gasteiger partial charge on any atom is -0.396 e. The van der Waals surface area contributed by atoms with Crippen LogP contribution in [0.3, 0.4) is 0 Å². The number of aromatic nitrogens is 1. The molecule has 4 nitrogen and oxygen atoms in total. The highest BCUT2D eigenvalue weighted by Gasteiger charge is 2.06. The van der Waals surface area contributed by atoms with Gasteiger partial charge >= 0.3 is 0 Å². The van der Waals surface area contributed by atoms with Gasteiger partial charge in [0.15, 0.2) is 0 Å². The van der Waals surface area contributed by atoms with E-state index in [2.05, 4.69) is 10.3 Å². The number of carbonyl (C=O) groups excluding carboxylic acids is 1. The van der Waals surface area contributed by atoms with E-state index in [0.29, 0.717) is 18.0 Å². The minimum atomic E-state index is -0.0419. The molecule has 1 aromatic heterocycles. The van der Waals surface area contributed by atoms with Gasteiger partial charge in [-0.2, -0.15) is 0 Å². The van der Waals surface area contributed by atoms with E-state index in [0.717, 1.165) is 23.7 Å². The summed E-state index contributed by atoms with van der Waals surface area (Å²) < 4.78 is 0. The lowest BCUT2D eigenvalue weighted by atomic mass is 10.1. The normalized spacial score (nSPS) is 12.5. The summed E-state index contributed by atoms with van der Waals surface area (Å²) in [7, 11) is 0. The van der Waals surface area contributed by atoms with Crippen LogP contribution >= 0.6 is 0 Å². The van der Waals surface area contributed by atoms with Crippen LogP contribution in [0.25, 0.3) is 10.9 Å². The molecule has 1 unspecified atom stereocenters. The quantitative estimate of drug-likeness (QED) is 0.698. The molecule has 1 aromatic carbocycles. The lowest BCUT2D eigenvalue weighted by Gasteiger charge is -2.08. The fourth-order valence-electron chi connectivity index (χ4n) is 2.04. The van der Waals surface area contributed by atoms with Gasteiger partial charge in [0.1, 0.15) is 0 Å². The summed E-state index contributed by atoms with van der Waals surface area (Å²) in [5.41, 5.74) is 1.72. The number of benzene rings is 1. The van der Waals surface area contributed by atoms with Gasteiger partial charge in [0, 0.05) is 35.8 Å². The van der Waals surface area contributed by atoms with Crippen molar-refractivity contribution in [1.29, 1.82) is 0 Å². The fourth-order valence-corrected chi connectivity index (χ4v) is 2.04. The molecular weight excluding hydrogens is 240 g/mol. The molecule has 0 saturated heterocycles. The third-order valence-electron chi connectivity index (χ3n) is 3.29. The molecule has 102 valence electrons. The molecule has 2 aromatic rings. The molecule has 1 atom stereocenters. The Morgan fingerprint density at radius 1 is 1.42 bits per heavy atom. The second-order valence-corrected chi connectivity index (χ2v) is 4.97. The molecule has 0 spiro atoms. The number of aliphatic hydroxyl groups is 1. The topological polar surface area (TPSA) is 65.1 Å². The van der Waals surface area contributed by atoms with E-state index in [1.54, 1.807) is 0 Å². The number of nitrogens with one attached hydrogen (secondary N) is 2. The van der Waals surface area contributed by atoms with Gasteiger partial charge in [0.25, 0.3) is 5.91 Å². The van der Waals surface area contributed by atoms with Gasteiger partial charge in [0.2, 0.25) is 0 Å². The average Bonchev–Trinajstić information content (AvgIpc) is 2.90. The first-order chi connectivity index (χ1) is 9.20. The van der Waals surface area contributed by atoms with Crippen molar-refractivity contribution in [2.45, 2.75) is 19.8 Å². The van der Waals surface area contributed by atoms with Crippen LogP contribution in [0.2, 0.25) is 0 Å². The van der Waals surface area contributed by atoms with Crippen LogP contribution in [-0.4, -0.2) is 29.1 Å². The molecule has 0 aliphatic rings. The number of H-pyrrole nitrogens is 1. The lowest BCUT2D eigenvalue weighted by Crippen LogP contribution is -2.24. The molecule has 0 saturated carbocycles. The highest BCUT2D eigenvalue weighted by Crippen LogP contribution is 2.14. The lowest BCUT2D eigenvalue weighted by molar-refractivity contribution is 0.0952. The van der Waals surface area contributed by atoms with E-state index < -0.39 is 0 Å². The number of aromatic amines is 1. The maximum Gasteiger partial charge on any atom is 0.251 e. The molecular formula is C15H20N2O2. The maximum absolute atomic E-state index is 12.0. The third kappa shape index (κ3) is 3.58. The van der Waals surface area contributed by atoms with Crippen molar-refractivity contribution in [1.82, 2.24) is 10.3 Å². The summed E-state index contributed by atoms with van der Waals surface area (Å²) >= 11 is 0. The van der Waals surface area contributed by atoms with Crippen LogP contribution in [0.15, 0.2) is 30.5 Å². The Morgan fingerprint density at radius 2 is 2.26 bits per heavy atom. The van der Waals surface area contributed by atoms with Crippen molar-refractivity contribution >= 4 is 16.8 Å². The Labute approximate surface area is 112 Å². The third-order valence-corrected chi connectivity index (χ3v) is 3.29. The van der Waals surface area contributed by atoms with Gasteiger partial charge in [-0.05, 0) is 43.0 Å². The fraction of sp³-hybridized carbons (Fsp3) is 0.400. The molecule has 2 rings (SSSR count). The predicted octanol–water partition coefficient (Wildman–Crippen LogP) is 2.31. The van der Waals surface area contributed by atoms with Crippen LogP contribution in [0.5, 0.6) is 0 Å². The van der Waals surface area contributed by atoms with Crippen LogP contribution in [0.1, 0.15) is 30.1 Å². The Bertz CT molecular complexity index is 548. The van der Waals surface area contributed by atoms with E-state index >= 15 is 0 Å². The molecule has 1 heterocycles. The summed E-state index contributed by atoms with van der Waals surface area (Å²) in [5.74, 6) is 0.257. The molecule has 1 amide bonds. The van der Waals surface area contributed by atoms with Gasteiger partial charge < -0.3 is 15.4 Å². The molecule has 0 fully saturated rings. The molecule has 0 radical (unpaired) electrons. The Morgan fingerprint density at radius 3 is 3.05 bits per heavy atom. The van der Waals surface area contributed by atoms with E-state index in [9.17, 15) is 4.79 Å². The number of fused-ring (bicyclic) bond motifs is 1. The zero-order valence-electron chi connectivity index (χ0n) is 11.1. The molecule has 0 aliphatic carbocycles. The highest BCUT2D eigenvalue weighted by atomic mass is 16.3. The van der Waals surface area contributed by atoms with Crippen LogP contribution < -0.4 is 5.32 Å². The summed E-state index contributed by atoms with van der Waals surface area (Å²) in [4.78, 5) is 15.1. The van der Waals surface area contributed by atoms with Crippen molar-refractivity contribution in [2.75, 3.05) is 13.2 Å². The summed E-state index contributed by atoms with van der Waals surface area (Å²) in [6.45, 7) is 2.86. The molecule has 3 N–H and O–H groups in total. The Kier molecular flexibility index (Phi) is 4.58. The van der Waals surface area contributed by atoms with Crippen LogP contribution in [-0.2, 0) is 0 Å². The summed E-state index contributed by atoms with van der Waals surface area (Å²) in [5, 5.41) is 12.9. The predicted molar refractivity (Wildman–Crippen MR) is 76.1 cm³/mol. The van der Waals surface area contributed by atoms with Crippen LogP contribution in [0, 0.1) is 5.92 Å². The van der Waals surface area contributed by atoms with Crippen molar-refractivity contribution in [3.8, 4) is 0 Å². The summed E-state index contributed by atoms with van der Waals surface area (Å²) in [6.07, 6.45) is 3.68. The first kappa shape index (κ1) is 13.6. The first-order valence-corrected chi connectivity index (χ1v) is 6.67. The standard InChI is InChI=1S/C15H20N2O2/c1-11(10-18)3-2-7-17-15(19)13-4-5-14-12(9-13)6-8-16-14/h4-6,8-9,11,16,18H,2-3,7,10H2,1H3,(H,17,19). The van der Waals surface area contributed by atoms with Gasteiger partial charge in [-0.1, -0.05) is 6.92 Å². The van der Waals surface area contributed by atoms with Crippen molar-refractivity contribution in [3.05, 3.63) is 36.0 Å². The number of carbonyl (C=O) groups is 1. The number of hydrogen-bond donors (Lipinski definition) is 3. The van der Waals surface area contributed by atoms with E-state index in [4.69, 9.17) is 5.11 Å². The van der Waals surface area contributed by atoms with Gasteiger partial charge in [-0.3, -0.25) is 4.79 Å². The number of amides is 1. The monoisotopic (exact) mass is 260 g/mol. The molecule has 0 bridgehead atoms.